The molecule has 1 N–H and O–H groups in total. The van der Waals surface area contributed by atoms with Crippen molar-refractivity contribution in [2.75, 3.05) is 20.3 Å². The molecule has 1 atom stereocenters. The van der Waals surface area contributed by atoms with Gasteiger partial charge in [-0.05, 0) is 6.42 Å². The Labute approximate surface area is 65.9 Å². The molecule has 1 rings (SSSR count). The highest BCUT2D eigenvalue weighted by Crippen LogP contribution is 2.20. The molecule has 1 aliphatic rings. The number of alkyl carbamates (subject to hydrolysis) is 1. The van der Waals surface area contributed by atoms with Gasteiger partial charge in [0.15, 0.2) is 5.60 Å². The van der Waals surface area contributed by atoms with Crippen LogP contribution in [0.5, 0.6) is 0 Å². The van der Waals surface area contributed by atoms with Gasteiger partial charge in [-0.1, -0.05) is 6.92 Å². The second-order valence-electron chi connectivity index (χ2n) is 2.71. The van der Waals surface area contributed by atoms with Crippen LogP contribution in [0.15, 0.2) is 0 Å². The summed E-state index contributed by atoms with van der Waals surface area (Å²) < 4.78 is 10.0. The lowest BCUT2D eigenvalue weighted by molar-refractivity contribution is -0.0121. The Morgan fingerprint density at radius 1 is 1.82 bits per heavy atom. The van der Waals surface area contributed by atoms with Gasteiger partial charge in [0, 0.05) is 7.11 Å². The summed E-state index contributed by atoms with van der Waals surface area (Å²) in [5.74, 6) is 0. The first-order valence-electron chi connectivity index (χ1n) is 3.68. The van der Waals surface area contributed by atoms with E-state index in [2.05, 4.69) is 5.32 Å². The molecule has 1 amide bonds. The summed E-state index contributed by atoms with van der Waals surface area (Å²) >= 11 is 0. The third-order valence-corrected chi connectivity index (χ3v) is 1.92. The number of cyclic esters (lactones) is 1. The lowest BCUT2D eigenvalue weighted by Gasteiger charge is -2.23. The van der Waals surface area contributed by atoms with Gasteiger partial charge in [-0.25, -0.2) is 4.79 Å². The highest BCUT2D eigenvalue weighted by molar-refractivity contribution is 5.70. The third-order valence-electron chi connectivity index (χ3n) is 1.92. The van der Waals surface area contributed by atoms with Crippen LogP contribution in [0.1, 0.15) is 13.3 Å². The van der Waals surface area contributed by atoms with E-state index in [0.717, 1.165) is 6.42 Å². The predicted octanol–water partition coefficient (Wildman–Crippen LogP) is 0.521. The molecule has 0 aromatic rings. The fourth-order valence-electron chi connectivity index (χ4n) is 1.14. The Morgan fingerprint density at radius 3 is 2.91 bits per heavy atom. The fourth-order valence-corrected chi connectivity index (χ4v) is 1.14. The van der Waals surface area contributed by atoms with E-state index in [9.17, 15) is 4.79 Å². The summed E-state index contributed by atoms with van der Waals surface area (Å²) in [5.41, 5.74) is -0.425. The second kappa shape index (κ2) is 3.09. The third kappa shape index (κ3) is 1.63. The van der Waals surface area contributed by atoms with Crippen LogP contribution < -0.4 is 5.32 Å². The number of carbonyl (C=O) groups excluding carboxylic acids is 1. The van der Waals surface area contributed by atoms with Crippen molar-refractivity contribution in [2.45, 2.75) is 18.9 Å². The normalized spacial score (nSPS) is 29.8. The molecule has 0 radical (unpaired) electrons. The predicted molar refractivity (Wildman–Crippen MR) is 39.4 cm³/mol. The molecular formula is C7H13NO3. The summed E-state index contributed by atoms with van der Waals surface area (Å²) in [7, 11) is 1.60. The van der Waals surface area contributed by atoms with E-state index in [1.165, 1.54) is 0 Å². The molecular weight excluding hydrogens is 146 g/mol. The van der Waals surface area contributed by atoms with E-state index in [-0.39, 0.29) is 6.09 Å². The van der Waals surface area contributed by atoms with Crippen LogP contribution in [0.25, 0.3) is 0 Å². The van der Waals surface area contributed by atoms with E-state index in [4.69, 9.17) is 9.47 Å². The molecule has 0 spiro atoms. The molecule has 1 fully saturated rings. The second-order valence-corrected chi connectivity index (χ2v) is 2.71. The number of ether oxygens (including phenoxy) is 2. The zero-order valence-corrected chi connectivity index (χ0v) is 6.85. The highest BCUT2D eigenvalue weighted by Gasteiger charge is 2.38. The van der Waals surface area contributed by atoms with Crippen molar-refractivity contribution in [2.24, 2.45) is 0 Å². The Morgan fingerprint density at radius 2 is 2.55 bits per heavy atom. The number of nitrogens with one attached hydrogen (secondary N) is 1. The van der Waals surface area contributed by atoms with Gasteiger partial charge >= 0.3 is 6.09 Å². The first kappa shape index (κ1) is 8.33. The van der Waals surface area contributed by atoms with Crippen molar-refractivity contribution in [3.05, 3.63) is 0 Å². The van der Waals surface area contributed by atoms with Crippen molar-refractivity contribution in [3.8, 4) is 0 Å². The quantitative estimate of drug-likeness (QED) is 0.653. The minimum absolute atomic E-state index is 0.344. The Kier molecular flexibility index (Phi) is 2.34. The molecule has 11 heavy (non-hydrogen) atoms. The Hall–Kier alpha value is -0.770. The molecule has 1 aliphatic heterocycles. The minimum Gasteiger partial charge on any atom is -0.439 e. The number of hydrogen-bond acceptors (Lipinski definition) is 3. The molecule has 0 bridgehead atoms. The van der Waals surface area contributed by atoms with E-state index in [1.807, 2.05) is 6.92 Å². The summed E-state index contributed by atoms with van der Waals surface area (Å²) in [6.45, 7) is 2.98. The van der Waals surface area contributed by atoms with Crippen LogP contribution in [0.4, 0.5) is 4.79 Å². The summed E-state index contributed by atoms with van der Waals surface area (Å²) in [5, 5.41) is 2.60. The van der Waals surface area contributed by atoms with E-state index < -0.39 is 5.60 Å². The highest BCUT2D eigenvalue weighted by atomic mass is 16.6. The van der Waals surface area contributed by atoms with Crippen LogP contribution in [-0.2, 0) is 9.47 Å². The van der Waals surface area contributed by atoms with Gasteiger partial charge < -0.3 is 14.8 Å². The zero-order valence-electron chi connectivity index (χ0n) is 6.85. The van der Waals surface area contributed by atoms with Crippen LogP contribution in [0.3, 0.4) is 0 Å². The molecule has 1 unspecified atom stereocenters. The monoisotopic (exact) mass is 159 g/mol. The summed E-state index contributed by atoms with van der Waals surface area (Å²) in [4.78, 5) is 10.7. The maximum atomic E-state index is 10.7. The van der Waals surface area contributed by atoms with Crippen molar-refractivity contribution in [3.63, 3.8) is 0 Å². The minimum atomic E-state index is -0.425. The maximum absolute atomic E-state index is 10.7. The summed E-state index contributed by atoms with van der Waals surface area (Å²) in [6.07, 6.45) is 0.434. The first-order valence-corrected chi connectivity index (χ1v) is 3.68. The molecule has 4 nitrogen and oxygen atoms in total. The fraction of sp³-hybridized carbons (Fsp3) is 0.857. The molecule has 4 heteroatoms. The lowest BCUT2D eigenvalue weighted by atomic mass is 10.0. The van der Waals surface area contributed by atoms with Crippen LogP contribution in [0.2, 0.25) is 0 Å². The van der Waals surface area contributed by atoms with Crippen molar-refractivity contribution >= 4 is 6.09 Å². The largest absolute Gasteiger partial charge is 0.439 e. The van der Waals surface area contributed by atoms with Crippen molar-refractivity contribution < 1.29 is 14.3 Å². The maximum Gasteiger partial charge on any atom is 0.407 e. The van der Waals surface area contributed by atoms with Gasteiger partial charge in [-0.3, -0.25) is 0 Å². The summed E-state index contributed by atoms with van der Waals surface area (Å²) in [6, 6.07) is 0. The number of hydrogen-bond donors (Lipinski definition) is 1. The van der Waals surface area contributed by atoms with Crippen LogP contribution in [-0.4, -0.2) is 32.0 Å². The molecule has 0 aromatic heterocycles. The van der Waals surface area contributed by atoms with Gasteiger partial charge in [0.2, 0.25) is 0 Å². The van der Waals surface area contributed by atoms with Gasteiger partial charge in [0.05, 0.1) is 13.2 Å². The average Bonchev–Trinajstić information content (AvgIpc) is 2.34. The van der Waals surface area contributed by atoms with Gasteiger partial charge in [0.1, 0.15) is 0 Å². The number of rotatable bonds is 3. The van der Waals surface area contributed by atoms with Gasteiger partial charge in [-0.2, -0.15) is 0 Å². The van der Waals surface area contributed by atoms with Crippen molar-refractivity contribution in [1.82, 2.24) is 5.32 Å². The molecule has 1 heterocycles. The molecule has 0 aliphatic carbocycles. The van der Waals surface area contributed by atoms with E-state index in [1.54, 1.807) is 7.11 Å². The van der Waals surface area contributed by atoms with Gasteiger partial charge in [-0.15, -0.1) is 0 Å². The average molecular weight is 159 g/mol. The smallest absolute Gasteiger partial charge is 0.407 e. The molecule has 1 saturated heterocycles. The number of amides is 1. The SMILES string of the molecule is CCC1(COC)CNC(=O)O1. The van der Waals surface area contributed by atoms with Gasteiger partial charge in [0.25, 0.3) is 0 Å². The molecule has 0 saturated carbocycles. The van der Waals surface area contributed by atoms with Crippen LogP contribution >= 0.6 is 0 Å². The first-order chi connectivity index (χ1) is 5.22. The zero-order chi connectivity index (χ0) is 8.32. The van der Waals surface area contributed by atoms with E-state index in [0.29, 0.717) is 13.2 Å². The van der Waals surface area contributed by atoms with Crippen LogP contribution in [0, 0.1) is 0 Å². The molecule has 64 valence electrons. The lowest BCUT2D eigenvalue weighted by Crippen LogP contribution is -2.37. The topological polar surface area (TPSA) is 47.6 Å². The van der Waals surface area contributed by atoms with E-state index >= 15 is 0 Å². The number of carbonyl (C=O) groups is 1. The Bertz CT molecular complexity index is 160. The van der Waals surface area contributed by atoms with Crippen molar-refractivity contribution in [1.29, 1.82) is 0 Å². The Balaban J connectivity index is 2.54. The number of methoxy groups -OCH3 is 1. The standard InChI is InChI=1S/C7H13NO3/c1-3-7(5-10-2)4-8-6(9)11-7/h3-5H2,1-2H3,(H,8,9). The molecule has 0 aromatic carbocycles.